The monoisotopic (exact) mass is 351 g/mol. The van der Waals surface area contributed by atoms with E-state index in [9.17, 15) is 9.59 Å². The Morgan fingerprint density at radius 3 is 2.35 bits per heavy atom. The number of rotatable bonds is 4. The molecule has 26 heavy (non-hydrogen) atoms. The van der Waals surface area contributed by atoms with E-state index in [1.54, 1.807) is 0 Å². The Morgan fingerprint density at radius 1 is 1.08 bits per heavy atom. The van der Waals surface area contributed by atoms with E-state index in [0.717, 1.165) is 35.9 Å². The Morgan fingerprint density at radius 2 is 1.69 bits per heavy atom. The number of carbonyl (C=O) groups excluding carboxylic acids is 2. The molecule has 4 fully saturated rings. The van der Waals surface area contributed by atoms with Crippen molar-refractivity contribution in [3.8, 4) is 0 Å². The van der Waals surface area contributed by atoms with Gasteiger partial charge in [0.2, 0.25) is 5.78 Å². The number of Topliss-reactive ketones (excluding diaryl/α,β-unsaturated/α-hetero) is 1. The molecule has 0 spiro atoms. The third-order valence-electron chi connectivity index (χ3n) is 6.98. The minimum atomic E-state index is -0.301. The van der Waals surface area contributed by atoms with Gasteiger partial charge in [-0.1, -0.05) is 18.2 Å². The molecule has 4 bridgehead atoms. The zero-order chi connectivity index (χ0) is 17.9. The van der Waals surface area contributed by atoms with Gasteiger partial charge in [-0.15, -0.1) is 0 Å². The van der Waals surface area contributed by atoms with Crippen molar-refractivity contribution >= 4 is 22.7 Å². The number of hydrogen-bond donors (Lipinski definition) is 1. The van der Waals surface area contributed by atoms with E-state index >= 15 is 0 Å². The minimum absolute atomic E-state index is 0.113. The SMILES string of the molecule is Cc1[nH]c2ccccc2c1C(=O)COC(=O)C12CC3CC(CC(C3)C1)C2. The molecular formula is C22H25NO3. The molecule has 0 saturated heterocycles. The molecule has 4 nitrogen and oxygen atoms in total. The molecule has 136 valence electrons. The van der Waals surface area contributed by atoms with Gasteiger partial charge < -0.3 is 9.72 Å². The van der Waals surface area contributed by atoms with Gasteiger partial charge in [-0.2, -0.15) is 0 Å². The molecule has 0 radical (unpaired) electrons. The molecule has 1 aromatic heterocycles. The highest BCUT2D eigenvalue weighted by molar-refractivity contribution is 6.10. The van der Waals surface area contributed by atoms with Crippen molar-refractivity contribution in [1.82, 2.24) is 4.98 Å². The summed E-state index contributed by atoms with van der Waals surface area (Å²) in [5, 5.41) is 0.904. The van der Waals surface area contributed by atoms with Gasteiger partial charge >= 0.3 is 5.97 Å². The van der Waals surface area contributed by atoms with Crippen LogP contribution < -0.4 is 0 Å². The molecule has 4 aliphatic rings. The summed E-state index contributed by atoms with van der Waals surface area (Å²) in [6.07, 6.45) is 6.79. The van der Waals surface area contributed by atoms with Crippen molar-refractivity contribution in [3.05, 3.63) is 35.5 Å². The van der Waals surface area contributed by atoms with Crippen molar-refractivity contribution in [1.29, 1.82) is 0 Å². The maximum absolute atomic E-state index is 12.9. The first-order valence-electron chi connectivity index (χ1n) is 9.82. The first-order valence-corrected chi connectivity index (χ1v) is 9.82. The van der Waals surface area contributed by atoms with E-state index < -0.39 is 0 Å². The summed E-state index contributed by atoms with van der Waals surface area (Å²) in [6, 6.07) is 7.76. The number of para-hydroxylation sites is 1. The van der Waals surface area contributed by atoms with Crippen LogP contribution in [0.4, 0.5) is 0 Å². The minimum Gasteiger partial charge on any atom is -0.457 e. The van der Waals surface area contributed by atoms with Crippen LogP contribution in [0.15, 0.2) is 24.3 Å². The third kappa shape index (κ3) is 2.42. The Bertz CT molecular complexity index is 859. The molecule has 1 aromatic carbocycles. The van der Waals surface area contributed by atoms with Crippen LogP contribution in [-0.2, 0) is 9.53 Å². The molecule has 0 unspecified atom stereocenters. The van der Waals surface area contributed by atoms with Crippen LogP contribution in [0.25, 0.3) is 10.9 Å². The Labute approximate surface area is 153 Å². The lowest BCUT2D eigenvalue weighted by atomic mass is 9.49. The summed E-state index contributed by atoms with van der Waals surface area (Å²) in [5.41, 5.74) is 2.13. The van der Waals surface area contributed by atoms with Crippen molar-refractivity contribution in [2.24, 2.45) is 23.2 Å². The summed E-state index contributed by atoms with van der Waals surface area (Å²) >= 11 is 0. The standard InChI is InChI=1S/C22H25NO3/c1-13-20(17-4-2-3-5-18(17)23-13)19(24)12-26-21(25)22-9-14-6-15(10-22)8-16(7-14)11-22/h2-5,14-16,23H,6-12H2,1H3. The summed E-state index contributed by atoms with van der Waals surface area (Å²) < 4.78 is 5.61. The molecule has 1 heterocycles. The predicted molar refractivity (Wildman–Crippen MR) is 98.9 cm³/mol. The van der Waals surface area contributed by atoms with Crippen LogP contribution in [0.2, 0.25) is 0 Å². The average molecular weight is 351 g/mol. The number of carbonyl (C=O) groups is 2. The lowest BCUT2D eigenvalue weighted by Gasteiger charge is -2.55. The third-order valence-corrected chi connectivity index (χ3v) is 6.98. The number of aryl methyl sites for hydroxylation is 1. The van der Waals surface area contributed by atoms with Gasteiger partial charge in [-0.25, -0.2) is 0 Å². The number of ketones is 1. The molecule has 6 rings (SSSR count). The van der Waals surface area contributed by atoms with E-state index in [1.165, 1.54) is 19.3 Å². The van der Waals surface area contributed by atoms with Crippen LogP contribution >= 0.6 is 0 Å². The van der Waals surface area contributed by atoms with Gasteiger partial charge in [0.15, 0.2) is 6.61 Å². The largest absolute Gasteiger partial charge is 0.457 e. The Kier molecular flexibility index (Phi) is 3.53. The van der Waals surface area contributed by atoms with Gasteiger partial charge in [0.1, 0.15) is 0 Å². The van der Waals surface area contributed by atoms with Gasteiger partial charge in [0, 0.05) is 22.2 Å². The zero-order valence-corrected chi connectivity index (χ0v) is 15.2. The number of ether oxygens (including phenoxy) is 1. The second-order valence-corrected chi connectivity index (χ2v) is 8.87. The number of hydrogen-bond acceptors (Lipinski definition) is 3. The van der Waals surface area contributed by atoms with E-state index in [2.05, 4.69) is 4.98 Å². The number of aromatic nitrogens is 1. The van der Waals surface area contributed by atoms with E-state index in [-0.39, 0.29) is 23.8 Å². The summed E-state index contributed by atoms with van der Waals surface area (Å²) in [5.74, 6) is 1.85. The van der Waals surface area contributed by atoms with Crippen molar-refractivity contribution in [2.75, 3.05) is 6.61 Å². The molecule has 2 aromatic rings. The van der Waals surface area contributed by atoms with Gasteiger partial charge in [0.05, 0.1) is 5.41 Å². The molecule has 1 N–H and O–H groups in total. The van der Waals surface area contributed by atoms with Crippen molar-refractivity contribution in [2.45, 2.75) is 45.4 Å². The molecule has 4 heteroatoms. The quantitative estimate of drug-likeness (QED) is 0.655. The molecular weight excluding hydrogens is 326 g/mol. The summed E-state index contributed by atoms with van der Waals surface area (Å²) in [6.45, 7) is 1.75. The maximum atomic E-state index is 12.9. The Balaban J connectivity index is 1.32. The average Bonchev–Trinajstić information content (AvgIpc) is 2.94. The highest BCUT2D eigenvalue weighted by Crippen LogP contribution is 2.60. The highest BCUT2D eigenvalue weighted by Gasteiger charge is 2.55. The molecule has 0 atom stereocenters. The van der Waals surface area contributed by atoms with Crippen molar-refractivity contribution in [3.63, 3.8) is 0 Å². The maximum Gasteiger partial charge on any atom is 0.312 e. The predicted octanol–water partition coefficient (Wildman–Crippen LogP) is 4.42. The number of benzene rings is 1. The van der Waals surface area contributed by atoms with Gasteiger partial charge in [-0.05, 0) is 69.3 Å². The fourth-order valence-electron chi connectivity index (χ4n) is 6.35. The van der Waals surface area contributed by atoms with Crippen LogP contribution in [0, 0.1) is 30.1 Å². The summed E-state index contributed by atoms with van der Waals surface area (Å²) in [4.78, 5) is 29.0. The highest BCUT2D eigenvalue weighted by atomic mass is 16.5. The fraction of sp³-hybridized carbons (Fsp3) is 0.545. The second-order valence-electron chi connectivity index (χ2n) is 8.87. The lowest BCUT2D eigenvalue weighted by Crippen LogP contribution is -2.50. The molecule has 0 aliphatic heterocycles. The molecule has 4 aliphatic carbocycles. The number of H-pyrrole nitrogens is 1. The molecule has 0 amide bonds. The number of fused-ring (bicyclic) bond motifs is 1. The number of aromatic amines is 1. The fourth-order valence-corrected chi connectivity index (χ4v) is 6.35. The molecule has 4 saturated carbocycles. The van der Waals surface area contributed by atoms with Crippen molar-refractivity contribution < 1.29 is 14.3 Å². The Hall–Kier alpha value is -2.10. The first kappa shape index (κ1) is 16.1. The number of nitrogens with one attached hydrogen (secondary N) is 1. The van der Waals surface area contributed by atoms with Crippen LogP contribution in [-0.4, -0.2) is 23.3 Å². The zero-order valence-electron chi connectivity index (χ0n) is 15.2. The topological polar surface area (TPSA) is 59.2 Å². The van der Waals surface area contributed by atoms with E-state index in [0.29, 0.717) is 23.3 Å². The van der Waals surface area contributed by atoms with Crippen LogP contribution in [0.1, 0.15) is 54.6 Å². The van der Waals surface area contributed by atoms with Crippen LogP contribution in [0.3, 0.4) is 0 Å². The van der Waals surface area contributed by atoms with Gasteiger partial charge in [0.25, 0.3) is 0 Å². The van der Waals surface area contributed by atoms with Crippen LogP contribution in [0.5, 0.6) is 0 Å². The first-order chi connectivity index (χ1) is 12.5. The van der Waals surface area contributed by atoms with Gasteiger partial charge in [-0.3, -0.25) is 9.59 Å². The van der Waals surface area contributed by atoms with E-state index in [1.807, 2.05) is 31.2 Å². The lowest BCUT2D eigenvalue weighted by molar-refractivity contribution is -0.170. The smallest absolute Gasteiger partial charge is 0.312 e. The second kappa shape index (κ2) is 5.70. The number of esters is 1. The summed E-state index contributed by atoms with van der Waals surface area (Å²) in [7, 11) is 0. The van der Waals surface area contributed by atoms with E-state index in [4.69, 9.17) is 4.74 Å². The normalized spacial score (nSPS) is 32.1.